The van der Waals surface area contributed by atoms with E-state index in [0.29, 0.717) is 10.0 Å². The molecule has 3 rings (SSSR count). The molecule has 0 atom stereocenters. The summed E-state index contributed by atoms with van der Waals surface area (Å²) < 4.78 is 0. The van der Waals surface area contributed by atoms with Crippen molar-refractivity contribution in [1.29, 1.82) is 0 Å². The number of H-pyrrole nitrogens is 1. The molecule has 0 amide bonds. The molecule has 0 unspecified atom stereocenters. The number of nitrogens with one attached hydrogen (secondary N) is 2. The highest BCUT2D eigenvalue weighted by Gasteiger charge is 2.24. The summed E-state index contributed by atoms with van der Waals surface area (Å²) in [5, 5.41) is 5.46. The molecule has 2 aromatic rings. The summed E-state index contributed by atoms with van der Waals surface area (Å²) in [7, 11) is 1.90. The third kappa shape index (κ3) is 3.03. The molecule has 128 valence electrons. The van der Waals surface area contributed by atoms with Crippen LogP contribution in [0.5, 0.6) is 0 Å². The lowest BCUT2D eigenvalue weighted by Gasteiger charge is -2.30. The predicted molar refractivity (Wildman–Crippen MR) is 104 cm³/mol. The molecule has 1 aromatic carbocycles. The molecule has 5 heteroatoms. The summed E-state index contributed by atoms with van der Waals surface area (Å²) in [5.74, 6) is 0. The van der Waals surface area contributed by atoms with E-state index in [-0.39, 0.29) is 0 Å². The molecule has 0 spiro atoms. The quantitative estimate of drug-likeness (QED) is 0.780. The van der Waals surface area contributed by atoms with Crippen LogP contribution in [0.1, 0.15) is 30.2 Å². The van der Waals surface area contributed by atoms with Crippen LogP contribution in [0.4, 0.5) is 0 Å². The van der Waals surface area contributed by atoms with Crippen molar-refractivity contribution in [2.75, 3.05) is 13.6 Å². The Labute approximate surface area is 153 Å². The molecule has 0 radical (unpaired) electrons. The number of aromatic nitrogens is 1. The highest BCUT2D eigenvalue weighted by molar-refractivity contribution is 6.45. The van der Waals surface area contributed by atoms with Crippen LogP contribution in [-0.2, 0) is 19.4 Å². The molecule has 1 aliphatic rings. The van der Waals surface area contributed by atoms with Crippen molar-refractivity contribution in [1.82, 2.24) is 15.2 Å². The Morgan fingerprint density at radius 3 is 2.96 bits per heavy atom. The van der Waals surface area contributed by atoms with Crippen LogP contribution in [0.15, 0.2) is 30.6 Å². The third-order valence-corrected chi connectivity index (χ3v) is 5.49. The zero-order valence-corrected chi connectivity index (χ0v) is 15.7. The zero-order chi connectivity index (χ0) is 17.3. The van der Waals surface area contributed by atoms with Crippen molar-refractivity contribution in [3.8, 4) is 0 Å². The van der Waals surface area contributed by atoms with Gasteiger partial charge in [0.1, 0.15) is 0 Å². The molecular formula is C19H23Cl2N3. The molecule has 2 N–H and O–H groups in total. The molecule has 3 nitrogen and oxygen atoms in total. The Morgan fingerprint density at radius 2 is 2.25 bits per heavy atom. The van der Waals surface area contributed by atoms with Gasteiger partial charge in [0.15, 0.2) is 0 Å². The van der Waals surface area contributed by atoms with Gasteiger partial charge < -0.3 is 15.2 Å². The first-order valence-electron chi connectivity index (χ1n) is 8.32. The van der Waals surface area contributed by atoms with Gasteiger partial charge in [0.2, 0.25) is 0 Å². The van der Waals surface area contributed by atoms with Gasteiger partial charge in [-0.15, -0.1) is 0 Å². The fourth-order valence-corrected chi connectivity index (χ4v) is 3.80. The third-order valence-electron chi connectivity index (χ3n) is 4.70. The number of rotatable bonds is 5. The zero-order valence-electron chi connectivity index (χ0n) is 14.2. The maximum absolute atomic E-state index is 6.48. The van der Waals surface area contributed by atoms with E-state index >= 15 is 0 Å². The predicted octanol–water partition coefficient (Wildman–Crippen LogP) is 5.03. The van der Waals surface area contributed by atoms with E-state index in [1.807, 2.05) is 19.3 Å². The van der Waals surface area contributed by atoms with Gasteiger partial charge in [-0.25, -0.2) is 0 Å². The minimum Gasteiger partial charge on any atom is -0.394 e. The molecule has 2 heterocycles. The van der Waals surface area contributed by atoms with Crippen LogP contribution in [0.3, 0.4) is 0 Å². The van der Waals surface area contributed by atoms with Gasteiger partial charge in [-0.05, 0) is 30.7 Å². The monoisotopic (exact) mass is 363 g/mol. The number of hydrogen-bond acceptors (Lipinski definition) is 2. The van der Waals surface area contributed by atoms with Gasteiger partial charge in [-0.3, -0.25) is 0 Å². The average molecular weight is 364 g/mol. The molecule has 0 saturated heterocycles. The van der Waals surface area contributed by atoms with E-state index in [1.54, 1.807) is 0 Å². The topological polar surface area (TPSA) is 31.1 Å². The Kier molecular flexibility index (Phi) is 5.12. The largest absolute Gasteiger partial charge is 0.394 e. The van der Waals surface area contributed by atoms with Crippen molar-refractivity contribution in [2.24, 2.45) is 0 Å². The smallest absolute Gasteiger partial charge is 0.0833 e. The molecule has 1 aromatic heterocycles. The van der Waals surface area contributed by atoms with Gasteiger partial charge in [0.25, 0.3) is 0 Å². The number of nitrogens with zero attached hydrogens (tertiary/aromatic N) is 1. The van der Waals surface area contributed by atoms with E-state index in [1.165, 1.54) is 27.9 Å². The lowest BCUT2D eigenvalue weighted by Crippen LogP contribution is -2.29. The Morgan fingerprint density at radius 1 is 1.46 bits per heavy atom. The van der Waals surface area contributed by atoms with Crippen molar-refractivity contribution < 1.29 is 0 Å². The first-order chi connectivity index (χ1) is 11.6. The Bertz CT molecular complexity index is 805. The van der Waals surface area contributed by atoms with Crippen molar-refractivity contribution >= 4 is 34.1 Å². The summed E-state index contributed by atoms with van der Waals surface area (Å²) >= 11 is 12.8. The molecule has 0 aliphatic carbocycles. The lowest BCUT2D eigenvalue weighted by molar-refractivity contribution is 0.315. The number of allylic oxidation sites excluding steroid dienone is 2. The fourth-order valence-electron chi connectivity index (χ4n) is 3.38. The van der Waals surface area contributed by atoms with Gasteiger partial charge in [-0.1, -0.05) is 42.8 Å². The minimum atomic E-state index is 0.602. The first kappa shape index (κ1) is 17.2. The van der Waals surface area contributed by atoms with Crippen LogP contribution in [0, 0.1) is 0 Å². The van der Waals surface area contributed by atoms with Crippen LogP contribution >= 0.6 is 23.2 Å². The van der Waals surface area contributed by atoms with E-state index in [4.69, 9.17) is 23.2 Å². The highest BCUT2D eigenvalue weighted by Crippen LogP contribution is 2.39. The van der Waals surface area contributed by atoms with Crippen LogP contribution < -0.4 is 5.32 Å². The number of fused-ring (bicyclic) bond motifs is 3. The average Bonchev–Trinajstić information content (AvgIpc) is 2.97. The second-order valence-electron chi connectivity index (χ2n) is 6.15. The number of hydrogen-bond donors (Lipinski definition) is 2. The van der Waals surface area contributed by atoms with Crippen molar-refractivity contribution in [2.45, 2.75) is 32.7 Å². The molecule has 0 bridgehead atoms. The summed E-state index contributed by atoms with van der Waals surface area (Å²) in [4.78, 5) is 5.89. The van der Waals surface area contributed by atoms with Crippen LogP contribution in [-0.4, -0.2) is 23.5 Å². The molecule has 0 fully saturated rings. The van der Waals surface area contributed by atoms with E-state index < -0.39 is 0 Å². The van der Waals surface area contributed by atoms with Gasteiger partial charge in [0.05, 0.1) is 15.6 Å². The van der Waals surface area contributed by atoms with Gasteiger partial charge >= 0.3 is 0 Å². The second-order valence-corrected chi connectivity index (χ2v) is 6.94. The summed E-state index contributed by atoms with van der Waals surface area (Å²) in [6, 6.07) is 1.99. The first-order valence-corrected chi connectivity index (χ1v) is 9.07. The molecule has 0 saturated carbocycles. The molecular weight excluding hydrogens is 341 g/mol. The van der Waals surface area contributed by atoms with E-state index in [9.17, 15) is 0 Å². The SMILES string of the molecule is C=C(CC)N1CCc2[nH]c3c(Cl)c(Cl)cc(C/C=C\NC)c3c2C1. The number of benzene rings is 1. The maximum Gasteiger partial charge on any atom is 0.0833 e. The van der Waals surface area contributed by atoms with E-state index in [0.717, 1.165) is 37.9 Å². The van der Waals surface area contributed by atoms with Crippen molar-refractivity contribution in [3.63, 3.8) is 0 Å². The maximum atomic E-state index is 6.48. The molecule has 24 heavy (non-hydrogen) atoms. The summed E-state index contributed by atoms with van der Waals surface area (Å²) in [6.07, 6.45) is 6.81. The second kappa shape index (κ2) is 7.12. The number of aromatic amines is 1. The summed E-state index contributed by atoms with van der Waals surface area (Å²) in [6.45, 7) is 8.22. The van der Waals surface area contributed by atoms with Gasteiger partial charge in [0, 0.05) is 48.9 Å². The summed E-state index contributed by atoms with van der Waals surface area (Å²) in [5.41, 5.74) is 5.95. The lowest BCUT2D eigenvalue weighted by atomic mass is 9.98. The normalized spacial score (nSPS) is 14.4. The standard InChI is InChI=1S/C19H23Cl2N3/c1-4-12(2)24-9-7-16-14(11-24)17-13(6-5-8-22-3)10-15(20)18(21)19(17)23-16/h5,8,10,22-23H,2,4,6-7,9,11H2,1,3H3/b8-5-. The minimum absolute atomic E-state index is 0.602. The highest BCUT2D eigenvalue weighted by atomic mass is 35.5. The van der Waals surface area contributed by atoms with Crippen molar-refractivity contribution in [3.05, 3.63) is 57.5 Å². The Balaban J connectivity index is 2.12. The van der Waals surface area contributed by atoms with Gasteiger partial charge in [-0.2, -0.15) is 0 Å². The fraction of sp³-hybridized carbons (Fsp3) is 0.368. The number of halogens is 2. The van der Waals surface area contributed by atoms with Crippen LogP contribution in [0.2, 0.25) is 10.0 Å². The van der Waals surface area contributed by atoms with E-state index in [2.05, 4.69) is 34.8 Å². The van der Waals surface area contributed by atoms with Crippen LogP contribution in [0.25, 0.3) is 10.9 Å². The molecule has 1 aliphatic heterocycles. The Hall–Kier alpha value is -1.58.